The summed E-state index contributed by atoms with van der Waals surface area (Å²) in [4.78, 5) is 0.391. The van der Waals surface area contributed by atoms with Gasteiger partial charge in [0, 0.05) is 5.54 Å². The Hall–Kier alpha value is -1.69. The number of aliphatic hydroxyl groups is 1. The van der Waals surface area contributed by atoms with E-state index >= 15 is 0 Å². The summed E-state index contributed by atoms with van der Waals surface area (Å²) >= 11 is 0. The first-order chi connectivity index (χ1) is 12.4. The third-order valence-corrected chi connectivity index (χ3v) is 7.36. The molecule has 2 N–H and O–H groups in total. The molecule has 1 heterocycles. The molecule has 1 aliphatic heterocycles. The minimum Gasteiger partial charge on any atom is -0.393 e. The van der Waals surface area contributed by atoms with Gasteiger partial charge in [0.15, 0.2) is 9.84 Å². The highest BCUT2D eigenvalue weighted by molar-refractivity contribution is 7.91. The molecule has 26 heavy (non-hydrogen) atoms. The molecule has 0 aliphatic carbocycles. The zero-order valence-electron chi connectivity index (χ0n) is 15.4. The number of aliphatic hydroxyl groups excluding tert-OH is 1. The molecule has 2 aromatic carbocycles. The lowest BCUT2D eigenvalue weighted by atomic mass is 9.87. The van der Waals surface area contributed by atoms with Crippen LogP contribution in [0.1, 0.15) is 50.3 Å². The first-order valence-electron chi connectivity index (χ1n) is 9.23. The van der Waals surface area contributed by atoms with Crippen molar-refractivity contribution in [3.8, 4) is 0 Å². The molecule has 4 nitrogen and oxygen atoms in total. The summed E-state index contributed by atoms with van der Waals surface area (Å²) in [7, 11) is -3.47. The molecule has 0 radical (unpaired) electrons. The molecule has 2 aromatic rings. The largest absolute Gasteiger partial charge is 0.393 e. The van der Waals surface area contributed by atoms with E-state index in [9.17, 15) is 13.5 Å². The minimum absolute atomic E-state index is 0.00604. The van der Waals surface area contributed by atoms with Crippen LogP contribution < -0.4 is 5.32 Å². The number of hydrogen-bond donors (Lipinski definition) is 2. The fourth-order valence-electron chi connectivity index (χ4n) is 3.84. The zero-order valence-corrected chi connectivity index (χ0v) is 16.2. The van der Waals surface area contributed by atoms with Gasteiger partial charge in [-0.3, -0.25) is 5.32 Å². The average Bonchev–Trinajstić information content (AvgIpc) is 2.75. The Labute approximate surface area is 156 Å². The van der Waals surface area contributed by atoms with E-state index < -0.39 is 21.5 Å². The van der Waals surface area contributed by atoms with Crippen LogP contribution in [0.25, 0.3) is 0 Å². The van der Waals surface area contributed by atoms with Gasteiger partial charge in [-0.05, 0) is 36.5 Å². The molecule has 0 saturated heterocycles. The van der Waals surface area contributed by atoms with Gasteiger partial charge in [-0.1, -0.05) is 62.4 Å². The van der Waals surface area contributed by atoms with E-state index in [1.165, 1.54) is 0 Å². The summed E-state index contributed by atoms with van der Waals surface area (Å²) in [6.45, 7) is 3.91. The monoisotopic (exact) mass is 373 g/mol. The third-order valence-electron chi connectivity index (χ3n) is 5.39. The number of fused-ring (bicyclic) bond motifs is 1. The van der Waals surface area contributed by atoms with E-state index in [1.54, 1.807) is 12.1 Å². The van der Waals surface area contributed by atoms with E-state index in [0.717, 1.165) is 11.1 Å². The van der Waals surface area contributed by atoms with Gasteiger partial charge in [0.1, 0.15) is 0 Å². The van der Waals surface area contributed by atoms with Crippen molar-refractivity contribution >= 4 is 9.84 Å². The topological polar surface area (TPSA) is 66.4 Å². The Morgan fingerprint density at radius 3 is 2.42 bits per heavy atom. The second kappa shape index (κ2) is 7.51. The molecule has 0 amide bonds. The Kier molecular flexibility index (Phi) is 5.51. The molecule has 0 aromatic heterocycles. The van der Waals surface area contributed by atoms with Crippen molar-refractivity contribution in [1.29, 1.82) is 0 Å². The molecule has 0 saturated carbocycles. The molecule has 3 rings (SSSR count). The Morgan fingerprint density at radius 2 is 1.77 bits per heavy atom. The van der Waals surface area contributed by atoms with Crippen molar-refractivity contribution in [1.82, 2.24) is 5.32 Å². The van der Waals surface area contributed by atoms with Crippen molar-refractivity contribution in [2.45, 2.75) is 55.7 Å². The van der Waals surface area contributed by atoms with Gasteiger partial charge in [-0.2, -0.15) is 0 Å². The molecular formula is C21H27NO3S. The Bertz CT molecular complexity index is 851. The predicted octanol–water partition coefficient (Wildman–Crippen LogP) is 3.46. The number of sulfone groups is 1. The fourth-order valence-corrected chi connectivity index (χ4v) is 5.96. The van der Waals surface area contributed by atoms with Crippen LogP contribution >= 0.6 is 0 Å². The smallest absolute Gasteiger partial charge is 0.180 e. The predicted molar refractivity (Wildman–Crippen MR) is 104 cm³/mol. The van der Waals surface area contributed by atoms with Crippen LogP contribution in [0, 0.1) is 0 Å². The highest BCUT2D eigenvalue weighted by Gasteiger charge is 2.42. The lowest BCUT2D eigenvalue weighted by molar-refractivity contribution is 0.115. The van der Waals surface area contributed by atoms with E-state index in [2.05, 4.69) is 5.32 Å². The maximum atomic E-state index is 13.2. The van der Waals surface area contributed by atoms with E-state index in [1.807, 2.05) is 56.3 Å². The summed E-state index contributed by atoms with van der Waals surface area (Å²) in [5.41, 5.74) is 1.13. The van der Waals surface area contributed by atoms with Crippen LogP contribution in [-0.4, -0.2) is 30.9 Å². The molecule has 5 heteroatoms. The maximum absolute atomic E-state index is 13.2. The normalized spacial score (nSPS) is 25.9. The summed E-state index contributed by atoms with van der Waals surface area (Å²) in [5, 5.41) is 13.9. The SMILES string of the molecule is CCC(O)C[C@@]1(CC)CS(=O)(=O)c2ccccc2[C@H](c2ccccc2)N1. The molecule has 0 bridgehead atoms. The van der Waals surface area contributed by atoms with Crippen LogP contribution in [0.2, 0.25) is 0 Å². The molecule has 3 atom stereocenters. The zero-order chi connectivity index (χ0) is 18.8. The summed E-state index contributed by atoms with van der Waals surface area (Å²) in [6.07, 6.45) is 1.11. The highest BCUT2D eigenvalue weighted by Crippen LogP contribution is 2.37. The van der Waals surface area contributed by atoms with Gasteiger partial charge in [0.05, 0.1) is 22.8 Å². The van der Waals surface area contributed by atoms with Gasteiger partial charge < -0.3 is 5.11 Å². The van der Waals surface area contributed by atoms with E-state index in [4.69, 9.17) is 0 Å². The van der Waals surface area contributed by atoms with Gasteiger partial charge in [0.2, 0.25) is 0 Å². The first kappa shape index (κ1) is 19.1. The summed E-state index contributed by atoms with van der Waals surface area (Å²) in [6, 6.07) is 16.9. The highest BCUT2D eigenvalue weighted by atomic mass is 32.2. The second-order valence-corrected chi connectivity index (χ2v) is 9.14. The molecule has 0 spiro atoms. The van der Waals surface area contributed by atoms with Crippen molar-refractivity contribution in [3.63, 3.8) is 0 Å². The van der Waals surface area contributed by atoms with Crippen molar-refractivity contribution in [2.24, 2.45) is 0 Å². The van der Waals surface area contributed by atoms with E-state index in [0.29, 0.717) is 24.2 Å². The molecular weight excluding hydrogens is 346 g/mol. The first-order valence-corrected chi connectivity index (χ1v) is 10.9. The fraction of sp³-hybridized carbons (Fsp3) is 0.429. The summed E-state index contributed by atoms with van der Waals surface area (Å²) < 4.78 is 26.4. The van der Waals surface area contributed by atoms with Gasteiger partial charge in [-0.15, -0.1) is 0 Å². The molecule has 0 fully saturated rings. The van der Waals surface area contributed by atoms with Crippen LogP contribution in [0.15, 0.2) is 59.5 Å². The lowest BCUT2D eigenvalue weighted by Crippen LogP contribution is -2.52. The Balaban J connectivity index is 2.18. The number of hydrogen-bond acceptors (Lipinski definition) is 4. The lowest BCUT2D eigenvalue weighted by Gasteiger charge is -2.37. The third kappa shape index (κ3) is 3.70. The molecule has 140 valence electrons. The average molecular weight is 374 g/mol. The molecule has 1 aliphatic rings. The van der Waals surface area contributed by atoms with Gasteiger partial charge >= 0.3 is 0 Å². The quantitative estimate of drug-likeness (QED) is 0.842. The Morgan fingerprint density at radius 1 is 1.12 bits per heavy atom. The van der Waals surface area contributed by atoms with Crippen molar-refractivity contribution in [3.05, 3.63) is 65.7 Å². The molecule has 1 unspecified atom stereocenters. The summed E-state index contributed by atoms with van der Waals surface area (Å²) in [5.74, 6) is -0.00604. The van der Waals surface area contributed by atoms with Gasteiger partial charge in [0.25, 0.3) is 0 Å². The second-order valence-electron chi connectivity index (χ2n) is 7.19. The number of rotatable bonds is 5. The minimum atomic E-state index is -3.47. The van der Waals surface area contributed by atoms with Crippen molar-refractivity contribution < 1.29 is 13.5 Å². The van der Waals surface area contributed by atoms with Crippen LogP contribution in [0.5, 0.6) is 0 Å². The van der Waals surface area contributed by atoms with Crippen molar-refractivity contribution in [2.75, 3.05) is 5.75 Å². The number of benzene rings is 2. The van der Waals surface area contributed by atoms with Crippen LogP contribution in [-0.2, 0) is 9.84 Å². The van der Waals surface area contributed by atoms with E-state index in [-0.39, 0.29) is 11.8 Å². The van der Waals surface area contributed by atoms with Crippen LogP contribution in [0.4, 0.5) is 0 Å². The maximum Gasteiger partial charge on any atom is 0.180 e. The number of nitrogens with one attached hydrogen (secondary N) is 1. The standard InChI is InChI=1S/C21H27NO3S/c1-3-17(23)14-21(4-2)15-26(24,25)19-13-9-8-12-18(19)20(22-21)16-10-6-5-7-11-16/h5-13,17,20,22-23H,3-4,14-15H2,1-2H3/t17?,20-,21-/m0/s1. The van der Waals surface area contributed by atoms with Gasteiger partial charge in [-0.25, -0.2) is 8.42 Å². The van der Waals surface area contributed by atoms with Crippen LogP contribution in [0.3, 0.4) is 0 Å².